The molecule has 0 saturated carbocycles. The lowest BCUT2D eigenvalue weighted by Gasteiger charge is -2.34. The van der Waals surface area contributed by atoms with Crippen molar-refractivity contribution in [2.24, 2.45) is 0 Å². The van der Waals surface area contributed by atoms with Crippen molar-refractivity contribution < 1.29 is 27.6 Å². The highest BCUT2D eigenvalue weighted by molar-refractivity contribution is 5.93. The first kappa shape index (κ1) is 22.1. The second-order valence-corrected chi connectivity index (χ2v) is 7.48. The summed E-state index contributed by atoms with van der Waals surface area (Å²) in [6.45, 7) is 2.89. The molecule has 7 nitrogen and oxygen atoms in total. The second-order valence-electron chi connectivity index (χ2n) is 7.48. The SMILES string of the molecule is O=C(CN1CCN(C(=O)CCN2CCCC2=O)CC1)Nc1ccccc1C(F)(F)F. The molecule has 0 unspecified atom stereocenters. The summed E-state index contributed by atoms with van der Waals surface area (Å²) in [4.78, 5) is 41.4. The second kappa shape index (κ2) is 9.46. The monoisotopic (exact) mass is 426 g/mol. The van der Waals surface area contributed by atoms with Crippen LogP contribution in [-0.4, -0.2) is 78.2 Å². The molecule has 1 aromatic carbocycles. The molecule has 1 aromatic rings. The largest absolute Gasteiger partial charge is 0.418 e. The minimum absolute atomic E-state index is 0.0297. The number of piperazine rings is 1. The van der Waals surface area contributed by atoms with Crippen molar-refractivity contribution in [2.45, 2.75) is 25.4 Å². The number of likely N-dealkylation sites (tertiary alicyclic amines) is 1. The summed E-state index contributed by atoms with van der Waals surface area (Å²) in [5.41, 5.74) is -1.15. The number of hydrogen-bond donors (Lipinski definition) is 1. The Balaban J connectivity index is 1.43. The van der Waals surface area contributed by atoms with Crippen LogP contribution in [0.15, 0.2) is 24.3 Å². The minimum Gasteiger partial charge on any atom is -0.342 e. The summed E-state index contributed by atoms with van der Waals surface area (Å²) in [5, 5.41) is 2.34. The van der Waals surface area contributed by atoms with Gasteiger partial charge in [-0.2, -0.15) is 13.2 Å². The van der Waals surface area contributed by atoms with Crippen LogP contribution in [0.25, 0.3) is 0 Å². The lowest BCUT2D eigenvalue weighted by atomic mass is 10.1. The van der Waals surface area contributed by atoms with Crippen LogP contribution in [0.2, 0.25) is 0 Å². The van der Waals surface area contributed by atoms with Crippen LogP contribution in [0.5, 0.6) is 0 Å². The molecule has 10 heteroatoms. The predicted molar refractivity (Wildman–Crippen MR) is 104 cm³/mol. The van der Waals surface area contributed by atoms with Crippen LogP contribution < -0.4 is 5.32 Å². The quantitative estimate of drug-likeness (QED) is 0.753. The molecule has 0 aromatic heterocycles. The van der Waals surface area contributed by atoms with Crippen LogP contribution in [0.4, 0.5) is 18.9 Å². The maximum atomic E-state index is 13.0. The highest BCUT2D eigenvalue weighted by Crippen LogP contribution is 2.34. The molecular weight excluding hydrogens is 401 g/mol. The number of para-hydroxylation sites is 1. The van der Waals surface area contributed by atoms with Crippen molar-refractivity contribution in [1.29, 1.82) is 0 Å². The van der Waals surface area contributed by atoms with Crippen molar-refractivity contribution >= 4 is 23.4 Å². The van der Waals surface area contributed by atoms with Crippen LogP contribution in [-0.2, 0) is 20.6 Å². The Labute approximate surface area is 172 Å². The van der Waals surface area contributed by atoms with Gasteiger partial charge in [-0.05, 0) is 18.6 Å². The first-order valence-corrected chi connectivity index (χ1v) is 9.98. The third kappa shape index (κ3) is 5.71. The molecular formula is C20H25F3N4O3. The number of amides is 3. The maximum Gasteiger partial charge on any atom is 0.418 e. The number of carbonyl (C=O) groups excluding carboxylic acids is 3. The molecule has 2 aliphatic rings. The van der Waals surface area contributed by atoms with E-state index in [1.807, 2.05) is 0 Å². The van der Waals surface area contributed by atoms with E-state index in [1.54, 1.807) is 14.7 Å². The highest BCUT2D eigenvalue weighted by Gasteiger charge is 2.33. The van der Waals surface area contributed by atoms with Crippen molar-refractivity contribution in [2.75, 3.05) is 51.1 Å². The zero-order chi connectivity index (χ0) is 21.7. The number of nitrogens with zero attached hydrogens (tertiary/aromatic N) is 3. The van der Waals surface area contributed by atoms with Gasteiger partial charge in [0.15, 0.2) is 0 Å². The Morgan fingerprint density at radius 3 is 2.37 bits per heavy atom. The van der Waals surface area contributed by atoms with Crippen molar-refractivity contribution in [3.63, 3.8) is 0 Å². The summed E-state index contributed by atoms with van der Waals surface area (Å²) in [5.74, 6) is -0.470. The average Bonchev–Trinajstić information content (AvgIpc) is 3.11. The molecule has 0 atom stereocenters. The summed E-state index contributed by atoms with van der Waals surface area (Å²) in [6, 6.07) is 4.86. The summed E-state index contributed by atoms with van der Waals surface area (Å²) in [7, 11) is 0. The molecule has 3 amide bonds. The number of carbonyl (C=O) groups is 3. The topological polar surface area (TPSA) is 73.0 Å². The fourth-order valence-corrected chi connectivity index (χ4v) is 3.72. The van der Waals surface area contributed by atoms with Gasteiger partial charge in [-0.1, -0.05) is 12.1 Å². The van der Waals surface area contributed by atoms with Crippen LogP contribution in [0.3, 0.4) is 0 Å². The van der Waals surface area contributed by atoms with Crippen molar-refractivity contribution in [1.82, 2.24) is 14.7 Å². The van der Waals surface area contributed by atoms with Gasteiger partial charge in [0.2, 0.25) is 17.7 Å². The first-order chi connectivity index (χ1) is 14.2. The number of benzene rings is 1. The Morgan fingerprint density at radius 2 is 1.73 bits per heavy atom. The van der Waals surface area contributed by atoms with Crippen molar-refractivity contribution in [3.05, 3.63) is 29.8 Å². The molecule has 2 saturated heterocycles. The number of rotatable bonds is 6. The van der Waals surface area contributed by atoms with Gasteiger partial charge in [0.05, 0.1) is 17.8 Å². The predicted octanol–water partition coefficient (Wildman–Crippen LogP) is 1.80. The molecule has 0 bridgehead atoms. The van der Waals surface area contributed by atoms with E-state index in [-0.39, 0.29) is 30.5 Å². The Morgan fingerprint density at radius 1 is 1.03 bits per heavy atom. The number of alkyl halides is 3. The van der Waals surface area contributed by atoms with Gasteiger partial charge in [-0.25, -0.2) is 0 Å². The molecule has 2 heterocycles. The molecule has 2 fully saturated rings. The number of hydrogen-bond acceptors (Lipinski definition) is 4. The van der Waals surface area contributed by atoms with Gasteiger partial charge in [0.1, 0.15) is 0 Å². The highest BCUT2D eigenvalue weighted by atomic mass is 19.4. The third-order valence-corrected chi connectivity index (χ3v) is 5.37. The Bertz CT molecular complexity index is 792. The Kier molecular flexibility index (Phi) is 6.96. The maximum absolute atomic E-state index is 13.0. The van der Waals surface area contributed by atoms with E-state index in [0.29, 0.717) is 45.7 Å². The van der Waals surface area contributed by atoms with Gasteiger partial charge < -0.3 is 15.1 Å². The summed E-state index contributed by atoms with van der Waals surface area (Å²) in [6.07, 6.45) is -2.89. The van der Waals surface area contributed by atoms with E-state index < -0.39 is 17.6 Å². The molecule has 30 heavy (non-hydrogen) atoms. The normalized spacial score (nSPS) is 18.0. The molecule has 164 valence electrons. The van der Waals surface area contributed by atoms with E-state index >= 15 is 0 Å². The molecule has 0 aliphatic carbocycles. The van der Waals surface area contributed by atoms with Gasteiger partial charge >= 0.3 is 6.18 Å². The standard InChI is InChI=1S/C20H25F3N4O3/c21-20(22,23)15-4-1-2-5-16(15)24-17(28)14-25-10-12-27(13-11-25)19(30)7-9-26-8-3-6-18(26)29/h1-2,4-5H,3,6-14H2,(H,24,28). The molecule has 3 rings (SSSR count). The smallest absolute Gasteiger partial charge is 0.342 e. The van der Waals surface area contributed by atoms with Gasteiger partial charge in [0.25, 0.3) is 0 Å². The van der Waals surface area contributed by atoms with Gasteiger partial charge in [0, 0.05) is 52.1 Å². The number of halogens is 3. The van der Waals surface area contributed by atoms with Crippen LogP contribution in [0, 0.1) is 0 Å². The third-order valence-electron chi connectivity index (χ3n) is 5.37. The molecule has 0 radical (unpaired) electrons. The van der Waals surface area contributed by atoms with E-state index in [1.165, 1.54) is 18.2 Å². The van der Waals surface area contributed by atoms with E-state index in [0.717, 1.165) is 12.5 Å². The number of nitrogens with one attached hydrogen (secondary N) is 1. The fraction of sp³-hybridized carbons (Fsp3) is 0.550. The average molecular weight is 426 g/mol. The summed E-state index contributed by atoms with van der Waals surface area (Å²) < 4.78 is 39.1. The molecule has 2 aliphatic heterocycles. The molecule has 1 N–H and O–H groups in total. The zero-order valence-corrected chi connectivity index (χ0v) is 16.6. The zero-order valence-electron chi connectivity index (χ0n) is 16.6. The minimum atomic E-state index is -4.55. The fourth-order valence-electron chi connectivity index (χ4n) is 3.72. The van der Waals surface area contributed by atoms with Gasteiger partial charge in [-0.15, -0.1) is 0 Å². The van der Waals surface area contributed by atoms with Crippen molar-refractivity contribution in [3.8, 4) is 0 Å². The first-order valence-electron chi connectivity index (χ1n) is 9.98. The Hall–Kier alpha value is -2.62. The van der Waals surface area contributed by atoms with E-state index in [2.05, 4.69) is 5.32 Å². The lowest BCUT2D eigenvalue weighted by Crippen LogP contribution is -2.50. The van der Waals surface area contributed by atoms with Crippen LogP contribution >= 0.6 is 0 Å². The van der Waals surface area contributed by atoms with Crippen LogP contribution in [0.1, 0.15) is 24.8 Å². The molecule has 0 spiro atoms. The van der Waals surface area contributed by atoms with E-state index in [4.69, 9.17) is 0 Å². The summed E-state index contributed by atoms with van der Waals surface area (Å²) >= 11 is 0. The van der Waals surface area contributed by atoms with E-state index in [9.17, 15) is 27.6 Å². The lowest BCUT2D eigenvalue weighted by molar-refractivity contribution is -0.137. The number of anilines is 1. The van der Waals surface area contributed by atoms with Gasteiger partial charge in [-0.3, -0.25) is 19.3 Å².